The average molecular weight is 224 g/mol. The molecule has 0 aliphatic heterocycles. The second-order valence-electron chi connectivity index (χ2n) is 3.79. The van der Waals surface area contributed by atoms with Gasteiger partial charge in [-0.1, -0.05) is 13.8 Å². The zero-order valence-corrected chi connectivity index (χ0v) is 9.64. The molecule has 1 N–H and O–H groups in total. The quantitative estimate of drug-likeness (QED) is 0.846. The highest BCUT2D eigenvalue weighted by molar-refractivity contribution is 5.87. The Morgan fingerprint density at radius 2 is 1.81 bits per heavy atom. The lowest BCUT2D eigenvalue weighted by Gasteiger charge is -2.20. The lowest BCUT2D eigenvalue weighted by Crippen LogP contribution is -2.46. The first-order valence-corrected chi connectivity index (χ1v) is 5.08. The predicted molar refractivity (Wildman–Crippen MR) is 59.2 cm³/mol. The van der Waals surface area contributed by atoms with Crippen molar-refractivity contribution in [1.82, 2.24) is 9.88 Å². The van der Waals surface area contributed by atoms with Gasteiger partial charge < -0.3 is 10.1 Å². The van der Waals surface area contributed by atoms with Crippen LogP contribution in [0.2, 0.25) is 0 Å². The summed E-state index contributed by atoms with van der Waals surface area (Å²) in [6.07, 6.45) is 2.70. The fourth-order valence-corrected chi connectivity index (χ4v) is 1.34. The van der Waals surface area contributed by atoms with Gasteiger partial charge in [0, 0.05) is 12.4 Å². The Morgan fingerprint density at radius 3 is 2.25 bits per heavy atom. The molecule has 16 heavy (non-hydrogen) atoms. The fraction of sp³-hybridized carbons (Fsp3) is 0.455. The zero-order valence-electron chi connectivity index (χ0n) is 9.64. The highest BCUT2D eigenvalue weighted by Crippen LogP contribution is 2.06. The highest BCUT2D eigenvalue weighted by Gasteiger charge is 2.25. The van der Waals surface area contributed by atoms with Crippen molar-refractivity contribution in [3.8, 4) is 0 Å². The molecule has 1 aromatic rings. The number of nitrogens with zero attached hydrogens (tertiary/aromatic N) is 1. The van der Waals surface area contributed by atoms with Gasteiger partial charge in [0.2, 0.25) is 0 Å². The number of amides is 1. The van der Waals surface area contributed by atoms with Gasteiger partial charge in [0.15, 0.2) is 0 Å². The van der Waals surface area contributed by atoms with Crippen LogP contribution in [0.15, 0.2) is 24.5 Å². The van der Waals surface area contributed by atoms with Gasteiger partial charge >= 0.3 is 6.09 Å². The normalized spacial score (nSPS) is 12.2. The number of carbonyl (C=O) groups excluding carboxylic acids is 2. The molecule has 0 aromatic carbocycles. The van der Waals surface area contributed by atoms with Crippen molar-refractivity contribution in [1.29, 1.82) is 0 Å². The Bertz CT molecular complexity index is 357. The minimum atomic E-state index is -0.598. The van der Waals surface area contributed by atoms with Gasteiger partial charge in [-0.25, -0.2) is 4.79 Å². The third kappa shape index (κ3) is 2.85. The molecule has 5 heteroatoms. The number of methoxy groups -OCH3 is 1. The molecule has 0 bridgehead atoms. The second kappa shape index (κ2) is 5.34. The molecular weight excluding hydrogens is 208 g/mol. The Hall–Kier alpha value is -1.78. The molecule has 0 saturated carbocycles. The van der Waals surface area contributed by atoms with Crippen LogP contribution in [0.4, 0.5) is 4.79 Å². The summed E-state index contributed by atoms with van der Waals surface area (Å²) in [5.74, 6) is -0.181. The molecule has 0 radical (unpaired) electrons. The first-order valence-electron chi connectivity index (χ1n) is 5.08. The van der Waals surface area contributed by atoms with Crippen LogP contribution in [-0.4, -0.2) is 29.7 Å². The van der Waals surface area contributed by atoms with E-state index in [-0.39, 0.29) is 11.8 Å². The maximum Gasteiger partial charge on any atom is 0.407 e. The number of carbonyl (C=O) groups is 2. The molecule has 0 spiro atoms. The summed E-state index contributed by atoms with van der Waals surface area (Å²) in [6, 6.07) is 2.93. The summed E-state index contributed by atoms with van der Waals surface area (Å²) < 4.78 is 5.93. The van der Waals surface area contributed by atoms with Gasteiger partial charge in [0.05, 0.1) is 7.11 Å². The van der Waals surface area contributed by atoms with Crippen molar-refractivity contribution >= 4 is 12.0 Å². The summed E-state index contributed by atoms with van der Waals surface area (Å²) >= 11 is 0. The van der Waals surface area contributed by atoms with E-state index in [4.69, 9.17) is 0 Å². The van der Waals surface area contributed by atoms with Crippen LogP contribution in [0.25, 0.3) is 0 Å². The third-order valence-corrected chi connectivity index (χ3v) is 2.25. The van der Waals surface area contributed by atoms with Crippen molar-refractivity contribution in [3.63, 3.8) is 0 Å². The van der Waals surface area contributed by atoms with E-state index >= 15 is 0 Å². The summed E-state index contributed by atoms with van der Waals surface area (Å²) in [4.78, 5) is 23.1. The minimum Gasteiger partial charge on any atom is -0.453 e. The van der Waals surface area contributed by atoms with Crippen LogP contribution in [0.3, 0.4) is 0 Å². The smallest absolute Gasteiger partial charge is 0.407 e. The zero-order chi connectivity index (χ0) is 12.1. The summed E-state index contributed by atoms with van der Waals surface area (Å²) in [5, 5.41) is 2.52. The Labute approximate surface area is 94.4 Å². The van der Waals surface area contributed by atoms with Crippen LogP contribution in [0.5, 0.6) is 0 Å². The maximum atomic E-state index is 12.0. The molecular formula is C11H16N2O3. The van der Waals surface area contributed by atoms with E-state index in [0.29, 0.717) is 0 Å². The van der Waals surface area contributed by atoms with Gasteiger partial charge in [-0.15, -0.1) is 0 Å². The van der Waals surface area contributed by atoms with Gasteiger partial charge in [0.1, 0.15) is 6.04 Å². The van der Waals surface area contributed by atoms with Gasteiger partial charge in [-0.2, -0.15) is 0 Å². The van der Waals surface area contributed by atoms with Crippen molar-refractivity contribution in [2.75, 3.05) is 7.11 Å². The monoisotopic (exact) mass is 224 g/mol. The number of hydrogen-bond acceptors (Lipinski definition) is 3. The first-order chi connectivity index (χ1) is 7.56. The molecule has 0 aliphatic rings. The number of rotatable bonds is 3. The summed E-state index contributed by atoms with van der Waals surface area (Å²) in [7, 11) is 1.27. The summed E-state index contributed by atoms with van der Waals surface area (Å²) in [5.41, 5.74) is 0. The molecule has 88 valence electrons. The number of hydrogen-bond donors (Lipinski definition) is 1. The lowest BCUT2D eigenvalue weighted by molar-refractivity contribution is 0.0820. The highest BCUT2D eigenvalue weighted by atomic mass is 16.5. The van der Waals surface area contributed by atoms with E-state index in [1.165, 1.54) is 11.7 Å². The molecule has 0 fully saturated rings. The van der Waals surface area contributed by atoms with E-state index in [2.05, 4.69) is 10.1 Å². The van der Waals surface area contributed by atoms with E-state index in [1.807, 2.05) is 13.8 Å². The molecule has 1 atom stereocenters. The van der Waals surface area contributed by atoms with Gasteiger partial charge in [-0.3, -0.25) is 9.36 Å². The predicted octanol–water partition coefficient (Wildman–Crippen LogP) is 1.51. The van der Waals surface area contributed by atoms with Crippen LogP contribution in [0, 0.1) is 5.92 Å². The van der Waals surface area contributed by atoms with Crippen LogP contribution in [-0.2, 0) is 4.74 Å². The number of ether oxygens (including phenoxy) is 1. The number of aromatic nitrogens is 1. The molecule has 1 rings (SSSR count). The van der Waals surface area contributed by atoms with Gasteiger partial charge in [-0.05, 0) is 18.1 Å². The topological polar surface area (TPSA) is 60.3 Å². The summed E-state index contributed by atoms with van der Waals surface area (Å²) in [6.45, 7) is 3.73. The fourth-order valence-electron chi connectivity index (χ4n) is 1.34. The largest absolute Gasteiger partial charge is 0.453 e. The first kappa shape index (κ1) is 12.3. The molecule has 1 aromatic heterocycles. The van der Waals surface area contributed by atoms with E-state index in [1.54, 1.807) is 24.5 Å². The molecule has 5 nitrogen and oxygen atoms in total. The number of nitrogens with one attached hydrogen (secondary N) is 1. The lowest BCUT2D eigenvalue weighted by atomic mass is 10.0. The van der Waals surface area contributed by atoms with Crippen LogP contribution >= 0.6 is 0 Å². The number of alkyl carbamates (subject to hydrolysis) is 1. The van der Waals surface area contributed by atoms with Crippen LogP contribution < -0.4 is 5.32 Å². The van der Waals surface area contributed by atoms with Crippen LogP contribution in [0.1, 0.15) is 18.6 Å². The molecule has 0 aliphatic carbocycles. The molecule has 1 heterocycles. The van der Waals surface area contributed by atoms with E-state index < -0.39 is 12.1 Å². The standard InChI is InChI=1S/C11H16N2O3/c1-8(2)9(12-11(15)16-3)10(14)13-6-4-5-7-13/h4-9H,1-3H3,(H,12,15). The van der Waals surface area contributed by atoms with Crippen molar-refractivity contribution in [2.24, 2.45) is 5.92 Å². The Balaban J connectivity index is 2.78. The van der Waals surface area contributed by atoms with Crippen molar-refractivity contribution < 1.29 is 14.3 Å². The van der Waals surface area contributed by atoms with E-state index in [0.717, 1.165) is 0 Å². The van der Waals surface area contributed by atoms with Gasteiger partial charge in [0.25, 0.3) is 5.91 Å². The Morgan fingerprint density at radius 1 is 1.25 bits per heavy atom. The van der Waals surface area contributed by atoms with Crippen molar-refractivity contribution in [3.05, 3.63) is 24.5 Å². The van der Waals surface area contributed by atoms with E-state index in [9.17, 15) is 9.59 Å². The Kier molecular flexibility index (Phi) is 4.10. The molecule has 1 amide bonds. The minimum absolute atomic E-state index is 0.00556. The second-order valence-corrected chi connectivity index (χ2v) is 3.79. The van der Waals surface area contributed by atoms with Crippen molar-refractivity contribution in [2.45, 2.75) is 19.9 Å². The maximum absolute atomic E-state index is 12.0. The SMILES string of the molecule is COC(=O)NC(C(=O)n1cccc1)C(C)C. The average Bonchev–Trinajstić information content (AvgIpc) is 2.77. The third-order valence-electron chi connectivity index (χ3n) is 2.25. The molecule has 1 unspecified atom stereocenters. The molecule has 0 saturated heterocycles.